The number of aliphatic hydroxyl groups is 1. The van der Waals surface area contributed by atoms with Crippen LogP contribution in [0, 0.1) is 11.6 Å². The molecule has 28 heavy (non-hydrogen) atoms. The van der Waals surface area contributed by atoms with Gasteiger partial charge in [-0.15, -0.1) is 0 Å². The number of piperazine rings is 1. The van der Waals surface area contributed by atoms with Crippen molar-refractivity contribution in [1.29, 1.82) is 0 Å². The van der Waals surface area contributed by atoms with Gasteiger partial charge in [0, 0.05) is 57.0 Å². The third-order valence-corrected chi connectivity index (χ3v) is 5.13. The van der Waals surface area contributed by atoms with Gasteiger partial charge in [0.1, 0.15) is 17.4 Å². The van der Waals surface area contributed by atoms with E-state index in [4.69, 9.17) is 4.74 Å². The van der Waals surface area contributed by atoms with Gasteiger partial charge in [-0.3, -0.25) is 9.80 Å². The first-order chi connectivity index (χ1) is 13.6. The minimum atomic E-state index is -0.548. The fourth-order valence-corrected chi connectivity index (χ4v) is 3.84. The van der Waals surface area contributed by atoms with Crippen LogP contribution >= 0.6 is 0 Å². The summed E-state index contributed by atoms with van der Waals surface area (Å²) in [6.45, 7) is 6.32. The van der Waals surface area contributed by atoms with Crippen LogP contribution in [-0.4, -0.2) is 53.8 Å². The predicted molar refractivity (Wildman–Crippen MR) is 105 cm³/mol. The summed E-state index contributed by atoms with van der Waals surface area (Å²) in [7, 11) is 0. The van der Waals surface area contributed by atoms with E-state index in [1.54, 1.807) is 0 Å². The van der Waals surface area contributed by atoms with Gasteiger partial charge in [-0.1, -0.05) is 18.2 Å². The molecule has 2 aromatic carbocycles. The van der Waals surface area contributed by atoms with Crippen LogP contribution in [0.5, 0.6) is 5.75 Å². The zero-order chi connectivity index (χ0) is 19.9. The molecule has 1 aliphatic heterocycles. The van der Waals surface area contributed by atoms with Crippen molar-refractivity contribution in [3.05, 3.63) is 65.2 Å². The summed E-state index contributed by atoms with van der Waals surface area (Å²) in [5.41, 5.74) is 1.77. The van der Waals surface area contributed by atoms with Crippen LogP contribution < -0.4 is 4.74 Å². The lowest BCUT2D eigenvalue weighted by Gasteiger charge is -2.41. The van der Waals surface area contributed by atoms with Crippen LogP contribution in [0.3, 0.4) is 0 Å². The van der Waals surface area contributed by atoms with Crippen molar-refractivity contribution in [2.24, 2.45) is 0 Å². The molecule has 152 valence electrons. The molecule has 1 N–H and O–H groups in total. The molecule has 1 heterocycles. The SMILES string of the molecule is CCOc1ccccc1CN1CCN(Cc2cc(F)cc(F)c2)C[C@@H]1CCO. The van der Waals surface area contributed by atoms with E-state index in [-0.39, 0.29) is 12.6 Å². The summed E-state index contributed by atoms with van der Waals surface area (Å²) >= 11 is 0. The van der Waals surface area contributed by atoms with Gasteiger partial charge in [0.05, 0.1) is 6.61 Å². The van der Waals surface area contributed by atoms with Gasteiger partial charge in [0.2, 0.25) is 0 Å². The monoisotopic (exact) mass is 390 g/mol. The Kier molecular flexibility index (Phi) is 7.36. The smallest absolute Gasteiger partial charge is 0.126 e. The third kappa shape index (κ3) is 5.50. The highest BCUT2D eigenvalue weighted by molar-refractivity contribution is 5.33. The summed E-state index contributed by atoms with van der Waals surface area (Å²) in [6.07, 6.45) is 0.658. The maximum atomic E-state index is 13.5. The topological polar surface area (TPSA) is 35.9 Å². The Hall–Kier alpha value is -2.02. The Morgan fingerprint density at radius 1 is 1.07 bits per heavy atom. The van der Waals surface area contributed by atoms with Crippen molar-refractivity contribution >= 4 is 0 Å². The van der Waals surface area contributed by atoms with E-state index in [1.807, 2.05) is 25.1 Å². The minimum Gasteiger partial charge on any atom is -0.494 e. The van der Waals surface area contributed by atoms with Crippen molar-refractivity contribution in [3.63, 3.8) is 0 Å². The number of hydrogen-bond donors (Lipinski definition) is 1. The number of ether oxygens (including phenoxy) is 1. The molecule has 6 heteroatoms. The molecule has 0 spiro atoms. The minimum absolute atomic E-state index is 0.108. The fraction of sp³-hybridized carbons (Fsp3) is 0.455. The lowest BCUT2D eigenvalue weighted by atomic mass is 10.1. The van der Waals surface area contributed by atoms with Crippen molar-refractivity contribution < 1.29 is 18.6 Å². The molecule has 1 saturated heterocycles. The van der Waals surface area contributed by atoms with E-state index in [0.717, 1.165) is 43.6 Å². The normalized spacial score (nSPS) is 18.4. The zero-order valence-corrected chi connectivity index (χ0v) is 16.3. The summed E-state index contributed by atoms with van der Waals surface area (Å²) in [5, 5.41) is 9.52. The molecule has 1 aliphatic rings. The average molecular weight is 390 g/mol. The maximum Gasteiger partial charge on any atom is 0.126 e. The number of aliphatic hydroxyl groups excluding tert-OH is 1. The predicted octanol–water partition coefficient (Wildman–Crippen LogP) is 3.43. The van der Waals surface area contributed by atoms with Crippen LogP contribution in [-0.2, 0) is 13.1 Å². The van der Waals surface area contributed by atoms with Gasteiger partial charge >= 0.3 is 0 Å². The van der Waals surface area contributed by atoms with Gasteiger partial charge in [0.15, 0.2) is 0 Å². The van der Waals surface area contributed by atoms with Gasteiger partial charge in [-0.05, 0) is 37.1 Å². The Balaban J connectivity index is 1.67. The second-order valence-corrected chi connectivity index (χ2v) is 7.19. The number of nitrogens with zero attached hydrogens (tertiary/aromatic N) is 2. The standard InChI is InChI=1S/C22H28F2N2O2/c1-2-28-22-6-4-3-5-18(22)15-26-9-8-25(16-21(26)7-10-27)14-17-11-19(23)13-20(24)12-17/h3-6,11-13,21,27H,2,7-10,14-16H2,1H3/t21-/m0/s1. The molecule has 0 amide bonds. The number of hydrogen-bond acceptors (Lipinski definition) is 4. The van der Waals surface area contributed by atoms with Crippen molar-refractivity contribution in [2.45, 2.75) is 32.5 Å². The molecule has 3 rings (SSSR count). The molecule has 0 aliphatic carbocycles. The summed E-state index contributed by atoms with van der Waals surface area (Å²) in [5.74, 6) is -0.202. The Morgan fingerprint density at radius 3 is 2.54 bits per heavy atom. The van der Waals surface area contributed by atoms with Gasteiger partial charge < -0.3 is 9.84 Å². The highest BCUT2D eigenvalue weighted by Crippen LogP contribution is 2.24. The first kappa shape index (κ1) is 20.7. The molecule has 4 nitrogen and oxygen atoms in total. The van der Waals surface area contributed by atoms with Crippen LogP contribution in [0.4, 0.5) is 8.78 Å². The second-order valence-electron chi connectivity index (χ2n) is 7.19. The van der Waals surface area contributed by atoms with Crippen LogP contribution in [0.15, 0.2) is 42.5 Å². The molecule has 0 radical (unpaired) electrons. The molecule has 2 aromatic rings. The van der Waals surface area contributed by atoms with Crippen LogP contribution in [0.1, 0.15) is 24.5 Å². The van der Waals surface area contributed by atoms with Gasteiger partial charge in [-0.25, -0.2) is 8.78 Å². The Morgan fingerprint density at radius 2 is 1.82 bits per heavy atom. The maximum absolute atomic E-state index is 13.5. The second kappa shape index (κ2) is 9.96. The van der Waals surface area contributed by atoms with E-state index >= 15 is 0 Å². The van der Waals surface area contributed by atoms with Crippen LogP contribution in [0.2, 0.25) is 0 Å². The Labute approximate surface area is 165 Å². The molecule has 0 unspecified atom stereocenters. The summed E-state index contributed by atoms with van der Waals surface area (Å²) < 4.78 is 32.7. The lowest BCUT2D eigenvalue weighted by molar-refractivity contribution is 0.0493. The van der Waals surface area contributed by atoms with Crippen molar-refractivity contribution in [1.82, 2.24) is 9.80 Å². The Bertz CT molecular complexity index is 752. The van der Waals surface area contributed by atoms with E-state index in [9.17, 15) is 13.9 Å². The van der Waals surface area contributed by atoms with E-state index < -0.39 is 11.6 Å². The molecular weight excluding hydrogens is 362 g/mol. The third-order valence-electron chi connectivity index (χ3n) is 5.13. The summed E-state index contributed by atoms with van der Waals surface area (Å²) in [6, 6.07) is 11.9. The molecule has 1 atom stereocenters. The van der Waals surface area contributed by atoms with Crippen molar-refractivity contribution in [3.8, 4) is 5.75 Å². The average Bonchev–Trinajstić information content (AvgIpc) is 2.65. The number of para-hydroxylation sites is 1. The summed E-state index contributed by atoms with van der Waals surface area (Å²) in [4.78, 5) is 4.55. The first-order valence-electron chi connectivity index (χ1n) is 9.82. The zero-order valence-electron chi connectivity index (χ0n) is 16.3. The molecule has 0 bridgehead atoms. The van der Waals surface area contributed by atoms with Gasteiger partial charge in [-0.2, -0.15) is 0 Å². The first-order valence-corrected chi connectivity index (χ1v) is 9.82. The highest BCUT2D eigenvalue weighted by Gasteiger charge is 2.27. The van der Waals surface area contributed by atoms with E-state index in [2.05, 4.69) is 15.9 Å². The fourth-order valence-electron chi connectivity index (χ4n) is 3.84. The highest BCUT2D eigenvalue weighted by atomic mass is 19.1. The van der Waals surface area contributed by atoms with E-state index in [1.165, 1.54) is 12.1 Å². The number of benzene rings is 2. The van der Waals surface area contributed by atoms with Gasteiger partial charge in [0.25, 0.3) is 0 Å². The molecule has 0 aromatic heterocycles. The number of rotatable bonds is 8. The number of halogens is 2. The van der Waals surface area contributed by atoms with Crippen LogP contribution in [0.25, 0.3) is 0 Å². The lowest BCUT2D eigenvalue weighted by Crippen LogP contribution is -2.52. The quantitative estimate of drug-likeness (QED) is 0.749. The van der Waals surface area contributed by atoms with E-state index in [0.29, 0.717) is 25.1 Å². The van der Waals surface area contributed by atoms with Crippen molar-refractivity contribution in [2.75, 3.05) is 32.8 Å². The molecule has 1 fully saturated rings. The molecular formula is C22H28F2N2O2. The molecule has 0 saturated carbocycles. The largest absolute Gasteiger partial charge is 0.494 e.